The molecule has 0 rings (SSSR count). The number of rotatable bonds is 48. The first-order valence-electron chi connectivity index (χ1n) is 26.4. The highest BCUT2D eigenvalue weighted by Crippen LogP contribution is 2.17. The Morgan fingerprint density at radius 3 is 0.831 bits per heavy atom. The summed E-state index contributed by atoms with van der Waals surface area (Å²) in [6.45, 7) is 9.03. The first kappa shape index (κ1) is 57.4. The van der Waals surface area contributed by atoms with Gasteiger partial charge in [-0.15, -0.1) is 0 Å². The summed E-state index contributed by atoms with van der Waals surface area (Å²) in [5.74, 6) is 0.00727. The van der Waals surface area contributed by atoms with Gasteiger partial charge in [0.2, 0.25) is 0 Å². The first-order chi connectivity index (χ1) is 28.9. The summed E-state index contributed by atoms with van der Waals surface area (Å²) in [7, 11) is 0. The van der Waals surface area contributed by atoms with Crippen molar-refractivity contribution in [1.29, 1.82) is 0 Å². The van der Waals surface area contributed by atoms with E-state index in [0.29, 0.717) is 19.3 Å². The lowest BCUT2D eigenvalue weighted by Crippen LogP contribution is -2.30. The summed E-state index contributed by atoms with van der Waals surface area (Å²) in [6, 6.07) is 0. The van der Waals surface area contributed by atoms with Crippen LogP contribution >= 0.6 is 0 Å². The van der Waals surface area contributed by atoms with Crippen LogP contribution < -0.4 is 0 Å². The van der Waals surface area contributed by atoms with Crippen molar-refractivity contribution in [2.75, 3.05) is 13.2 Å². The summed E-state index contributed by atoms with van der Waals surface area (Å²) in [4.78, 5) is 37.9. The standard InChI is InChI=1S/C53H102O6/c1-5-7-9-11-13-15-16-21-25-29-32-36-40-44-51(54)57-47-50(59-53(56)46-42-38-34-27-14-12-10-8-6-2)48-58-52(55)45-41-37-33-30-26-23-20-18-17-19-22-24-28-31-35-39-43-49(3)4/h49-50H,5-48H2,1-4H3/t50-/m0/s1. The molecule has 1 atom stereocenters. The molecule has 0 aliphatic rings. The lowest BCUT2D eigenvalue weighted by Gasteiger charge is -2.18. The minimum atomic E-state index is -0.759. The van der Waals surface area contributed by atoms with Crippen LogP contribution in [-0.4, -0.2) is 37.2 Å². The number of esters is 3. The molecule has 0 N–H and O–H groups in total. The van der Waals surface area contributed by atoms with Crippen molar-refractivity contribution >= 4 is 17.9 Å². The van der Waals surface area contributed by atoms with Crippen molar-refractivity contribution in [3.63, 3.8) is 0 Å². The third kappa shape index (κ3) is 47.3. The molecule has 0 unspecified atom stereocenters. The molecule has 0 radical (unpaired) electrons. The quantitative estimate of drug-likeness (QED) is 0.0345. The summed E-state index contributed by atoms with van der Waals surface area (Å²) in [6.07, 6.45) is 49.5. The van der Waals surface area contributed by atoms with Crippen LogP contribution in [0.25, 0.3) is 0 Å². The van der Waals surface area contributed by atoms with Gasteiger partial charge in [-0.05, 0) is 25.2 Å². The highest BCUT2D eigenvalue weighted by Gasteiger charge is 2.19. The van der Waals surface area contributed by atoms with Crippen molar-refractivity contribution in [3.05, 3.63) is 0 Å². The molecular weight excluding hydrogens is 733 g/mol. The Balaban J connectivity index is 4.19. The summed E-state index contributed by atoms with van der Waals surface area (Å²) in [5, 5.41) is 0. The molecule has 0 bridgehead atoms. The zero-order chi connectivity index (χ0) is 43.1. The van der Waals surface area contributed by atoms with Crippen LogP contribution in [0.1, 0.15) is 297 Å². The van der Waals surface area contributed by atoms with E-state index in [4.69, 9.17) is 14.2 Å². The van der Waals surface area contributed by atoms with Gasteiger partial charge in [-0.1, -0.05) is 259 Å². The van der Waals surface area contributed by atoms with Gasteiger partial charge in [0.1, 0.15) is 13.2 Å². The van der Waals surface area contributed by atoms with Crippen molar-refractivity contribution in [2.45, 2.75) is 303 Å². The fourth-order valence-corrected chi connectivity index (χ4v) is 8.04. The van der Waals surface area contributed by atoms with E-state index < -0.39 is 6.10 Å². The molecule has 6 nitrogen and oxygen atoms in total. The summed E-state index contributed by atoms with van der Waals surface area (Å²) >= 11 is 0. The third-order valence-corrected chi connectivity index (χ3v) is 12.0. The van der Waals surface area contributed by atoms with E-state index in [-0.39, 0.29) is 31.1 Å². The van der Waals surface area contributed by atoms with E-state index in [1.54, 1.807) is 0 Å². The molecule has 59 heavy (non-hydrogen) atoms. The van der Waals surface area contributed by atoms with Crippen LogP contribution in [-0.2, 0) is 28.6 Å². The van der Waals surface area contributed by atoms with Crippen molar-refractivity contribution in [2.24, 2.45) is 5.92 Å². The van der Waals surface area contributed by atoms with E-state index >= 15 is 0 Å². The Morgan fingerprint density at radius 2 is 0.559 bits per heavy atom. The highest BCUT2D eigenvalue weighted by molar-refractivity contribution is 5.71. The van der Waals surface area contributed by atoms with Gasteiger partial charge in [0.25, 0.3) is 0 Å². The van der Waals surface area contributed by atoms with Crippen LogP contribution in [0.3, 0.4) is 0 Å². The van der Waals surface area contributed by atoms with Crippen LogP contribution in [0.5, 0.6) is 0 Å². The lowest BCUT2D eigenvalue weighted by molar-refractivity contribution is -0.167. The number of carbonyl (C=O) groups is 3. The molecular formula is C53H102O6. The van der Waals surface area contributed by atoms with Crippen LogP contribution in [0, 0.1) is 5.92 Å². The van der Waals surface area contributed by atoms with Gasteiger partial charge in [0.05, 0.1) is 0 Å². The summed E-state index contributed by atoms with van der Waals surface area (Å²) < 4.78 is 16.8. The largest absolute Gasteiger partial charge is 0.462 e. The second-order valence-corrected chi connectivity index (χ2v) is 18.6. The van der Waals surface area contributed by atoms with Gasteiger partial charge < -0.3 is 14.2 Å². The Morgan fingerprint density at radius 1 is 0.322 bits per heavy atom. The number of hydrogen-bond acceptors (Lipinski definition) is 6. The maximum absolute atomic E-state index is 12.7. The molecule has 0 spiro atoms. The molecule has 0 saturated carbocycles. The molecule has 0 fully saturated rings. The molecule has 0 aliphatic heterocycles. The second kappa shape index (κ2) is 47.5. The molecule has 6 heteroatoms. The van der Waals surface area contributed by atoms with E-state index in [0.717, 1.165) is 63.7 Å². The third-order valence-electron chi connectivity index (χ3n) is 12.0. The number of unbranched alkanes of at least 4 members (excludes halogenated alkanes) is 35. The smallest absolute Gasteiger partial charge is 0.306 e. The number of hydrogen-bond donors (Lipinski definition) is 0. The van der Waals surface area contributed by atoms with E-state index in [9.17, 15) is 14.4 Å². The monoisotopic (exact) mass is 835 g/mol. The Labute approximate surface area is 368 Å². The van der Waals surface area contributed by atoms with Gasteiger partial charge >= 0.3 is 17.9 Å². The topological polar surface area (TPSA) is 78.9 Å². The maximum atomic E-state index is 12.7. The number of carbonyl (C=O) groups excluding carboxylic acids is 3. The van der Waals surface area contributed by atoms with Crippen molar-refractivity contribution < 1.29 is 28.6 Å². The fourth-order valence-electron chi connectivity index (χ4n) is 8.04. The molecule has 0 heterocycles. The zero-order valence-corrected chi connectivity index (χ0v) is 40.2. The van der Waals surface area contributed by atoms with Gasteiger partial charge in [0.15, 0.2) is 6.10 Å². The second-order valence-electron chi connectivity index (χ2n) is 18.6. The van der Waals surface area contributed by atoms with Gasteiger partial charge in [-0.2, -0.15) is 0 Å². The zero-order valence-electron chi connectivity index (χ0n) is 40.2. The molecule has 0 amide bonds. The molecule has 0 aromatic carbocycles. The highest BCUT2D eigenvalue weighted by atomic mass is 16.6. The van der Waals surface area contributed by atoms with Gasteiger partial charge in [0, 0.05) is 19.3 Å². The molecule has 0 aromatic rings. The van der Waals surface area contributed by atoms with Crippen LogP contribution in [0.2, 0.25) is 0 Å². The first-order valence-corrected chi connectivity index (χ1v) is 26.4. The predicted molar refractivity (Wildman–Crippen MR) is 252 cm³/mol. The molecule has 0 aromatic heterocycles. The van der Waals surface area contributed by atoms with Gasteiger partial charge in [-0.3, -0.25) is 14.4 Å². The average Bonchev–Trinajstić information content (AvgIpc) is 3.22. The molecule has 0 saturated heterocycles. The average molecular weight is 835 g/mol. The SMILES string of the molecule is CCCCCCCCCCCCCCCC(=O)OC[C@@H](COC(=O)CCCCCCCCCCCCCCCCCCC(C)C)OC(=O)CCCCCCCCCCC. The van der Waals surface area contributed by atoms with Crippen molar-refractivity contribution in [1.82, 2.24) is 0 Å². The maximum Gasteiger partial charge on any atom is 0.306 e. The Bertz CT molecular complexity index is 887. The number of ether oxygens (including phenoxy) is 3. The van der Waals surface area contributed by atoms with E-state index in [1.165, 1.54) is 193 Å². The van der Waals surface area contributed by atoms with Crippen molar-refractivity contribution in [3.8, 4) is 0 Å². The van der Waals surface area contributed by atoms with Crippen LogP contribution in [0.4, 0.5) is 0 Å². The lowest BCUT2D eigenvalue weighted by atomic mass is 10.0. The summed E-state index contributed by atoms with van der Waals surface area (Å²) in [5.41, 5.74) is 0. The normalized spacial score (nSPS) is 11.9. The predicted octanol–water partition coefficient (Wildman–Crippen LogP) is 17.1. The molecule has 350 valence electrons. The van der Waals surface area contributed by atoms with E-state index in [1.807, 2.05) is 0 Å². The van der Waals surface area contributed by atoms with Crippen LogP contribution in [0.15, 0.2) is 0 Å². The Hall–Kier alpha value is -1.59. The minimum Gasteiger partial charge on any atom is -0.462 e. The van der Waals surface area contributed by atoms with Gasteiger partial charge in [-0.25, -0.2) is 0 Å². The Kier molecular flexibility index (Phi) is 46.2. The fraction of sp³-hybridized carbons (Fsp3) is 0.943. The molecule has 0 aliphatic carbocycles. The minimum absolute atomic E-state index is 0.0627. The van der Waals surface area contributed by atoms with E-state index in [2.05, 4.69) is 27.7 Å².